The van der Waals surface area contributed by atoms with Crippen LogP contribution in [0.15, 0.2) is 144 Å². The van der Waals surface area contributed by atoms with Crippen LogP contribution < -0.4 is 0 Å². The normalized spacial score (nSPS) is 13.8. The highest BCUT2D eigenvalue weighted by Gasteiger charge is 2.49. The van der Waals surface area contributed by atoms with E-state index in [-0.39, 0.29) is 5.41 Å². The van der Waals surface area contributed by atoms with Crippen molar-refractivity contribution in [3.63, 3.8) is 0 Å². The van der Waals surface area contributed by atoms with Crippen molar-refractivity contribution >= 4 is 90.7 Å². The Morgan fingerprint density at radius 3 is 1.25 bits per heavy atom. The first-order valence-corrected chi connectivity index (χ1v) is 27.3. The van der Waals surface area contributed by atoms with E-state index in [9.17, 15) is 0 Å². The van der Waals surface area contributed by atoms with Crippen LogP contribution in [0.3, 0.4) is 0 Å². The van der Waals surface area contributed by atoms with E-state index in [2.05, 4.69) is 179 Å². The molecule has 0 amide bonds. The summed E-state index contributed by atoms with van der Waals surface area (Å²) >= 11 is 15.2. The van der Waals surface area contributed by atoms with E-state index in [1.54, 1.807) is 0 Å². The van der Waals surface area contributed by atoms with Crippen molar-refractivity contribution in [3.05, 3.63) is 176 Å². The average molecular weight is 935 g/mol. The van der Waals surface area contributed by atoms with Gasteiger partial charge in [0.25, 0.3) is 0 Å². The molecule has 1 aliphatic carbocycles. The fraction of sp³-hybridized carbons (Fsp3) is 0.170. The maximum absolute atomic E-state index is 2.58. The Balaban J connectivity index is 1.06. The van der Waals surface area contributed by atoms with Crippen molar-refractivity contribution in [1.82, 2.24) is 0 Å². The molecule has 11 rings (SSSR count). The van der Waals surface area contributed by atoms with Crippen LogP contribution in [0.1, 0.15) is 79.0 Å². The summed E-state index contributed by atoms with van der Waals surface area (Å²) in [4.78, 5) is 18.8. The van der Waals surface area contributed by atoms with E-state index in [1.165, 1.54) is 102 Å². The Labute approximate surface area is 390 Å². The molecule has 302 valence electrons. The van der Waals surface area contributed by atoms with Crippen molar-refractivity contribution < 1.29 is 0 Å². The van der Waals surface area contributed by atoms with Crippen molar-refractivity contribution in [3.8, 4) is 69.7 Å². The standard InChI is InChI=1S/C53H42S8/c1-6-31(2)32-11-13-34-35-14-12-33(52(3,4)5)30-37(35)53(36(34)29-32,50-25-23-48(60-50)46-21-19-44(58-46)42-17-15-40(56-42)38-9-7-27-54-38)51-26-24-49(61-51)47-22-20-45(59-47)43-18-16-41(57-43)39-10-8-28-55-39/h7-31H,6H2,1-5H3. The fourth-order valence-corrected chi connectivity index (χ4v) is 17.2. The van der Waals surface area contributed by atoms with E-state index in [4.69, 9.17) is 0 Å². The smallest absolute Gasteiger partial charge is 0.0900 e. The van der Waals surface area contributed by atoms with Gasteiger partial charge >= 0.3 is 0 Å². The van der Waals surface area contributed by atoms with Crippen LogP contribution in [0, 0.1) is 0 Å². The second-order valence-corrected chi connectivity index (χ2v) is 25.2. The summed E-state index contributed by atoms with van der Waals surface area (Å²) < 4.78 is 0. The summed E-state index contributed by atoms with van der Waals surface area (Å²) in [5.74, 6) is 0.471. The van der Waals surface area contributed by atoms with E-state index >= 15 is 0 Å². The minimum atomic E-state index is -0.450. The van der Waals surface area contributed by atoms with Crippen molar-refractivity contribution in [2.75, 3.05) is 0 Å². The first-order chi connectivity index (χ1) is 29.7. The Morgan fingerprint density at radius 1 is 0.443 bits per heavy atom. The molecule has 0 nitrogen and oxygen atoms in total. The summed E-state index contributed by atoms with van der Waals surface area (Å²) in [6.45, 7) is 11.7. The molecule has 61 heavy (non-hydrogen) atoms. The van der Waals surface area contributed by atoms with E-state index in [0.29, 0.717) is 5.92 Å². The van der Waals surface area contributed by atoms with Gasteiger partial charge in [-0.1, -0.05) is 83.1 Å². The number of hydrogen-bond donors (Lipinski definition) is 0. The van der Waals surface area contributed by atoms with Gasteiger partial charge in [-0.25, -0.2) is 0 Å². The van der Waals surface area contributed by atoms with E-state index in [0.717, 1.165) is 6.42 Å². The lowest BCUT2D eigenvalue weighted by Gasteiger charge is -2.32. The summed E-state index contributed by atoms with van der Waals surface area (Å²) in [5.41, 5.74) is 7.92. The molecular weight excluding hydrogens is 893 g/mol. The van der Waals surface area contributed by atoms with Crippen LogP contribution in [0.25, 0.3) is 69.7 Å². The van der Waals surface area contributed by atoms with Crippen molar-refractivity contribution in [1.29, 1.82) is 0 Å². The Hall–Kier alpha value is -3.96. The first kappa shape index (κ1) is 39.9. The molecule has 0 fully saturated rings. The first-order valence-electron chi connectivity index (χ1n) is 20.7. The van der Waals surface area contributed by atoms with Gasteiger partial charge in [0.15, 0.2) is 0 Å². The van der Waals surface area contributed by atoms with Gasteiger partial charge in [0.05, 0.1) is 5.41 Å². The molecule has 8 heteroatoms. The maximum atomic E-state index is 2.58. The van der Waals surface area contributed by atoms with Gasteiger partial charge in [-0.2, -0.15) is 0 Å². The predicted octanol–water partition coefficient (Wildman–Crippen LogP) is 19.4. The molecule has 0 spiro atoms. The molecule has 0 aliphatic heterocycles. The van der Waals surface area contributed by atoms with Crippen molar-refractivity contribution in [2.24, 2.45) is 0 Å². The summed E-state index contributed by atoms with van der Waals surface area (Å²) in [6, 6.07) is 51.7. The number of thiophene rings is 8. The Bertz CT molecular complexity index is 2990. The zero-order valence-corrected chi connectivity index (χ0v) is 40.9. The van der Waals surface area contributed by atoms with Crippen LogP contribution in [-0.4, -0.2) is 0 Å². The minimum absolute atomic E-state index is 0.00963. The largest absolute Gasteiger partial charge is 0.143 e. The lowest BCUT2D eigenvalue weighted by Crippen LogP contribution is -2.27. The summed E-state index contributed by atoms with van der Waals surface area (Å²) in [6.07, 6.45) is 1.11. The molecule has 0 saturated carbocycles. The lowest BCUT2D eigenvalue weighted by atomic mass is 9.73. The van der Waals surface area contributed by atoms with Gasteiger partial charge in [0, 0.05) is 68.3 Å². The van der Waals surface area contributed by atoms with Crippen LogP contribution in [0.2, 0.25) is 0 Å². The average Bonchev–Trinajstić information content (AvgIpc) is 4.12. The van der Waals surface area contributed by atoms with Gasteiger partial charge in [0.2, 0.25) is 0 Å². The van der Waals surface area contributed by atoms with Gasteiger partial charge in [-0.15, -0.1) is 90.7 Å². The lowest BCUT2D eigenvalue weighted by molar-refractivity contribution is 0.588. The highest BCUT2D eigenvalue weighted by molar-refractivity contribution is 7.29. The second-order valence-electron chi connectivity index (χ2n) is 16.8. The second kappa shape index (κ2) is 15.7. The Morgan fingerprint density at radius 2 is 0.836 bits per heavy atom. The molecule has 0 bridgehead atoms. The number of fused-ring (bicyclic) bond motifs is 3. The zero-order valence-electron chi connectivity index (χ0n) is 34.4. The molecule has 1 aliphatic rings. The SMILES string of the molecule is CCC(C)c1ccc2c(c1)C(c1ccc(-c3ccc(-c4ccc(-c5cccs5)s4)s3)s1)(c1ccc(-c3ccc(-c4ccc(-c5cccs5)s4)s3)s1)c1cc(C(C)(C)C)ccc1-2. The fourth-order valence-electron chi connectivity index (χ4n) is 8.59. The molecule has 8 aromatic heterocycles. The molecule has 1 atom stereocenters. The van der Waals surface area contributed by atoms with E-state index < -0.39 is 5.41 Å². The highest BCUT2D eigenvalue weighted by Crippen LogP contribution is 2.61. The number of benzene rings is 2. The highest BCUT2D eigenvalue weighted by atomic mass is 32.1. The molecule has 8 heterocycles. The topological polar surface area (TPSA) is 0 Å². The van der Waals surface area contributed by atoms with Crippen LogP contribution in [0.4, 0.5) is 0 Å². The van der Waals surface area contributed by atoms with Crippen LogP contribution >= 0.6 is 90.7 Å². The minimum Gasteiger partial charge on any atom is -0.143 e. The Kier molecular flexibility index (Phi) is 10.2. The molecule has 0 saturated heterocycles. The zero-order chi connectivity index (χ0) is 41.5. The van der Waals surface area contributed by atoms with Gasteiger partial charge in [-0.3, -0.25) is 0 Å². The molecule has 10 aromatic rings. The van der Waals surface area contributed by atoms with Gasteiger partial charge in [0.1, 0.15) is 0 Å². The van der Waals surface area contributed by atoms with Crippen molar-refractivity contribution in [2.45, 2.75) is 57.8 Å². The monoisotopic (exact) mass is 934 g/mol. The van der Waals surface area contributed by atoms with E-state index in [1.807, 2.05) is 90.7 Å². The van der Waals surface area contributed by atoms with Crippen LogP contribution in [-0.2, 0) is 10.8 Å². The van der Waals surface area contributed by atoms with Crippen LogP contribution in [0.5, 0.6) is 0 Å². The molecule has 0 radical (unpaired) electrons. The van der Waals surface area contributed by atoms with Gasteiger partial charge in [-0.05, 0) is 147 Å². The third kappa shape index (κ3) is 6.90. The maximum Gasteiger partial charge on any atom is 0.0900 e. The number of hydrogen-bond acceptors (Lipinski definition) is 8. The third-order valence-electron chi connectivity index (χ3n) is 12.1. The summed E-state index contributed by atoms with van der Waals surface area (Å²) in [7, 11) is 0. The van der Waals surface area contributed by atoms with Gasteiger partial charge < -0.3 is 0 Å². The summed E-state index contributed by atoms with van der Waals surface area (Å²) in [5, 5.41) is 4.33. The molecular formula is C53H42S8. The predicted molar refractivity (Wildman–Crippen MR) is 277 cm³/mol. The quantitative estimate of drug-likeness (QED) is 0.128. The molecule has 2 aromatic carbocycles. The number of rotatable bonds is 10. The molecule has 0 N–H and O–H groups in total. The molecule has 1 unspecified atom stereocenters. The third-order valence-corrected chi connectivity index (χ3v) is 21.7.